The van der Waals surface area contributed by atoms with E-state index in [0.29, 0.717) is 11.6 Å². The standard InChI is InChI=1S/C8H10N4O/c1-5-3-6(12(2)10-5)7-4-8(9)11-13-7/h3-4H,1-2H3,(H2,9,11). The van der Waals surface area contributed by atoms with Gasteiger partial charge in [-0.15, -0.1) is 0 Å². The third kappa shape index (κ3) is 1.28. The number of hydrogen-bond acceptors (Lipinski definition) is 4. The van der Waals surface area contributed by atoms with Gasteiger partial charge in [-0.25, -0.2) is 0 Å². The molecule has 0 atom stereocenters. The summed E-state index contributed by atoms with van der Waals surface area (Å²) >= 11 is 0. The van der Waals surface area contributed by atoms with Crippen LogP contribution in [-0.4, -0.2) is 14.9 Å². The lowest BCUT2D eigenvalue weighted by Crippen LogP contribution is -1.92. The molecule has 0 saturated carbocycles. The summed E-state index contributed by atoms with van der Waals surface area (Å²) in [7, 11) is 1.85. The maximum atomic E-state index is 5.44. The highest BCUT2D eigenvalue weighted by atomic mass is 16.5. The molecule has 0 aliphatic heterocycles. The molecular weight excluding hydrogens is 168 g/mol. The summed E-state index contributed by atoms with van der Waals surface area (Å²) in [5.41, 5.74) is 7.25. The Balaban J connectivity index is 2.51. The molecule has 0 aliphatic rings. The predicted molar refractivity (Wildman–Crippen MR) is 47.9 cm³/mol. The average molecular weight is 178 g/mol. The number of anilines is 1. The molecule has 5 nitrogen and oxygen atoms in total. The lowest BCUT2D eigenvalue weighted by Gasteiger charge is -1.93. The predicted octanol–water partition coefficient (Wildman–Crippen LogP) is 0.966. The zero-order chi connectivity index (χ0) is 9.42. The minimum atomic E-state index is 0.383. The fraction of sp³-hybridized carbons (Fsp3) is 0.250. The van der Waals surface area contributed by atoms with Crippen LogP contribution in [-0.2, 0) is 7.05 Å². The van der Waals surface area contributed by atoms with Gasteiger partial charge in [0.1, 0.15) is 5.69 Å². The van der Waals surface area contributed by atoms with E-state index >= 15 is 0 Å². The van der Waals surface area contributed by atoms with E-state index in [0.717, 1.165) is 11.4 Å². The summed E-state index contributed by atoms with van der Waals surface area (Å²) in [4.78, 5) is 0. The highest BCUT2D eigenvalue weighted by Crippen LogP contribution is 2.20. The zero-order valence-corrected chi connectivity index (χ0v) is 7.48. The molecule has 2 rings (SSSR count). The minimum Gasteiger partial charge on any atom is -0.381 e. The van der Waals surface area contributed by atoms with Crippen LogP contribution in [0.4, 0.5) is 5.82 Å². The summed E-state index contributed by atoms with van der Waals surface area (Å²) in [5, 5.41) is 7.79. The van der Waals surface area contributed by atoms with Gasteiger partial charge in [-0.05, 0) is 13.0 Å². The van der Waals surface area contributed by atoms with Gasteiger partial charge in [0.05, 0.1) is 5.69 Å². The summed E-state index contributed by atoms with van der Waals surface area (Å²) in [6, 6.07) is 3.59. The van der Waals surface area contributed by atoms with Crippen LogP contribution >= 0.6 is 0 Å². The molecule has 2 N–H and O–H groups in total. The summed E-state index contributed by atoms with van der Waals surface area (Å²) in [6.07, 6.45) is 0. The van der Waals surface area contributed by atoms with Crippen molar-refractivity contribution in [3.63, 3.8) is 0 Å². The SMILES string of the molecule is Cc1cc(-c2cc(N)no2)n(C)n1. The quantitative estimate of drug-likeness (QED) is 0.706. The van der Waals surface area contributed by atoms with Gasteiger partial charge >= 0.3 is 0 Å². The van der Waals surface area contributed by atoms with E-state index in [1.165, 1.54) is 0 Å². The fourth-order valence-electron chi connectivity index (χ4n) is 1.25. The molecule has 0 aromatic carbocycles. The van der Waals surface area contributed by atoms with Crippen LogP contribution in [0, 0.1) is 6.92 Å². The van der Waals surface area contributed by atoms with Crippen LogP contribution in [0.2, 0.25) is 0 Å². The van der Waals surface area contributed by atoms with Crippen molar-refractivity contribution in [1.29, 1.82) is 0 Å². The Morgan fingerprint density at radius 1 is 1.46 bits per heavy atom. The van der Waals surface area contributed by atoms with Crippen molar-refractivity contribution >= 4 is 5.82 Å². The maximum Gasteiger partial charge on any atom is 0.187 e. The van der Waals surface area contributed by atoms with Crippen LogP contribution in [0.5, 0.6) is 0 Å². The molecule has 0 amide bonds. The Kier molecular flexibility index (Phi) is 1.58. The second-order valence-electron chi connectivity index (χ2n) is 2.91. The molecule has 0 spiro atoms. The van der Waals surface area contributed by atoms with E-state index in [9.17, 15) is 0 Å². The van der Waals surface area contributed by atoms with E-state index in [4.69, 9.17) is 10.3 Å². The van der Waals surface area contributed by atoms with Gasteiger partial charge in [0.15, 0.2) is 11.6 Å². The number of rotatable bonds is 1. The van der Waals surface area contributed by atoms with Gasteiger partial charge in [0.2, 0.25) is 0 Å². The van der Waals surface area contributed by atoms with E-state index in [2.05, 4.69) is 10.3 Å². The van der Waals surface area contributed by atoms with Crippen molar-refractivity contribution in [1.82, 2.24) is 14.9 Å². The molecule has 5 heteroatoms. The topological polar surface area (TPSA) is 69.9 Å². The molecule has 2 heterocycles. The summed E-state index contributed by atoms with van der Waals surface area (Å²) in [5.74, 6) is 1.02. The number of nitrogen functional groups attached to an aromatic ring is 1. The van der Waals surface area contributed by atoms with Crippen molar-refractivity contribution in [2.24, 2.45) is 7.05 Å². The van der Waals surface area contributed by atoms with Gasteiger partial charge in [-0.3, -0.25) is 4.68 Å². The molecule has 0 fully saturated rings. The number of aryl methyl sites for hydroxylation is 2. The molecule has 2 aromatic heterocycles. The third-order valence-corrected chi connectivity index (χ3v) is 1.78. The van der Waals surface area contributed by atoms with Gasteiger partial charge in [0.25, 0.3) is 0 Å². The van der Waals surface area contributed by atoms with Crippen molar-refractivity contribution in [2.45, 2.75) is 6.92 Å². The fourth-order valence-corrected chi connectivity index (χ4v) is 1.25. The number of nitrogens with two attached hydrogens (primary N) is 1. The highest BCUT2D eigenvalue weighted by molar-refractivity contribution is 5.56. The minimum absolute atomic E-state index is 0.383. The Morgan fingerprint density at radius 3 is 2.69 bits per heavy atom. The molecule has 0 saturated heterocycles. The molecule has 2 aromatic rings. The van der Waals surface area contributed by atoms with E-state index in [-0.39, 0.29) is 0 Å². The van der Waals surface area contributed by atoms with E-state index in [1.54, 1.807) is 10.7 Å². The Labute approximate surface area is 75.1 Å². The van der Waals surface area contributed by atoms with Gasteiger partial charge in [0, 0.05) is 13.1 Å². The molecular formula is C8H10N4O. The second kappa shape index (κ2) is 2.62. The monoisotopic (exact) mass is 178 g/mol. The van der Waals surface area contributed by atoms with Gasteiger partial charge in [-0.2, -0.15) is 5.10 Å². The molecule has 0 unspecified atom stereocenters. The maximum absolute atomic E-state index is 5.44. The first-order valence-corrected chi connectivity index (χ1v) is 3.90. The van der Waals surface area contributed by atoms with Crippen LogP contribution in [0.1, 0.15) is 5.69 Å². The average Bonchev–Trinajstić information content (AvgIpc) is 2.58. The molecule has 0 aliphatic carbocycles. The highest BCUT2D eigenvalue weighted by Gasteiger charge is 2.09. The molecule has 68 valence electrons. The Hall–Kier alpha value is -1.78. The van der Waals surface area contributed by atoms with Crippen molar-refractivity contribution in [2.75, 3.05) is 5.73 Å². The second-order valence-corrected chi connectivity index (χ2v) is 2.91. The van der Waals surface area contributed by atoms with Crippen LogP contribution in [0.25, 0.3) is 11.5 Å². The van der Waals surface area contributed by atoms with Gasteiger partial charge < -0.3 is 10.3 Å². The normalized spacial score (nSPS) is 10.6. The number of aromatic nitrogens is 3. The van der Waals surface area contributed by atoms with Gasteiger partial charge in [-0.1, -0.05) is 5.16 Å². The van der Waals surface area contributed by atoms with Crippen molar-refractivity contribution in [3.8, 4) is 11.5 Å². The number of nitrogens with zero attached hydrogens (tertiary/aromatic N) is 3. The molecule has 13 heavy (non-hydrogen) atoms. The molecule has 0 bridgehead atoms. The lowest BCUT2D eigenvalue weighted by molar-refractivity contribution is 0.432. The number of hydrogen-bond donors (Lipinski definition) is 1. The first-order chi connectivity index (χ1) is 6.16. The third-order valence-electron chi connectivity index (χ3n) is 1.78. The smallest absolute Gasteiger partial charge is 0.187 e. The summed E-state index contributed by atoms with van der Waals surface area (Å²) < 4.78 is 6.74. The van der Waals surface area contributed by atoms with Crippen molar-refractivity contribution in [3.05, 3.63) is 17.8 Å². The van der Waals surface area contributed by atoms with Crippen LogP contribution in [0.3, 0.4) is 0 Å². The first-order valence-electron chi connectivity index (χ1n) is 3.90. The van der Waals surface area contributed by atoms with E-state index < -0.39 is 0 Å². The first kappa shape index (κ1) is 7.85. The Morgan fingerprint density at radius 2 is 2.23 bits per heavy atom. The molecule has 0 radical (unpaired) electrons. The van der Waals surface area contributed by atoms with Crippen LogP contribution < -0.4 is 5.73 Å². The van der Waals surface area contributed by atoms with Crippen LogP contribution in [0.15, 0.2) is 16.7 Å². The summed E-state index contributed by atoms with van der Waals surface area (Å²) in [6.45, 7) is 1.92. The largest absolute Gasteiger partial charge is 0.381 e. The lowest BCUT2D eigenvalue weighted by atomic mass is 10.3. The van der Waals surface area contributed by atoms with E-state index in [1.807, 2.05) is 20.0 Å². The Bertz CT molecular complexity index is 429. The zero-order valence-electron chi connectivity index (χ0n) is 7.48. The van der Waals surface area contributed by atoms with Crippen molar-refractivity contribution < 1.29 is 4.52 Å².